The van der Waals surface area contributed by atoms with Crippen molar-refractivity contribution >= 4 is 37.8 Å². The first-order chi connectivity index (χ1) is 8.95. The van der Waals surface area contributed by atoms with E-state index in [2.05, 4.69) is 60.6 Å². The van der Waals surface area contributed by atoms with E-state index in [0.29, 0.717) is 11.8 Å². The SMILES string of the molecule is COc1nc(N2CC(CBr)OC(C)(C)C2)ncc1Br. The Kier molecular flexibility index (Phi) is 4.68. The van der Waals surface area contributed by atoms with Gasteiger partial charge in [-0.25, -0.2) is 4.98 Å². The fourth-order valence-electron chi connectivity index (χ4n) is 2.17. The van der Waals surface area contributed by atoms with Crippen LogP contribution in [0.5, 0.6) is 5.88 Å². The van der Waals surface area contributed by atoms with Gasteiger partial charge in [-0.05, 0) is 29.8 Å². The number of halogens is 2. The lowest BCUT2D eigenvalue weighted by atomic mass is 10.1. The quantitative estimate of drug-likeness (QED) is 0.737. The van der Waals surface area contributed by atoms with Crippen LogP contribution in [-0.4, -0.2) is 47.2 Å². The maximum Gasteiger partial charge on any atom is 0.232 e. The molecule has 1 aromatic heterocycles. The molecule has 1 aliphatic heterocycles. The van der Waals surface area contributed by atoms with Gasteiger partial charge >= 0.3 is 0 Å². The van der Waals surface area contributed by atoms with Crippen molar-refractivity contribution in [3.63, 3.8) is 0 Å². The minimum atomic E-state index is -0.222. The molecule has 0 spiro atoms. The molecule has 0 saturated carbocycles. The number of ether oxygens (including phenoxy) is 2. The van der Waals surface area contributed by atoms with E-state index in [1.807, 2.05) is 0 Å². The molecule has 7 heteroatoms. The predicted molar refractivity (Wildman–Crippen MR) is 81.2 cm³/mol. The second-order valence-corrected chi connectivity index (χ2v) is 6.56. The summed E-state index contributed by atoms with van der Waals surface area (Å²) >= 11 is 6.84. The number of rotatable bonds is 3. The Morgan fingerprint density at radius 1 is 1.58 bits per heavy atom. The summed E-state index contributed by atoms with van der Waals surface area (Å²) in [6.07, 6.45) is 1.84. The number of alkyl halides is 1. The van der Waals surface area contributed by atoms with Crippen molar-refractivity contribution in [3.8, 4) is 5.88 Å². The lowest BCUT2D eigenvalue weighted by Gasteiger charge is -2.42. The third-order valence-corrected chi connectivity index (χ3v) is 4.09. The normalized spacial score (nSPS) is 22.4. The second kappa shape index (κ2) is 5.93. The lowest BCUT2D eigenvalue weighted by Crippen LogP contribution is -2.53. The number of hydrogen-bond donors (Lipinski definition) is 0. The molecule has 0 bridgehead atoms. The van der Waals surface area contributed by atoms with Crippen LogP contribution in [0.15, 0.2) is 10.7 Å². The van der Waals surface area contributed by atoms with Crippen LogP contribution < -0.4 is 9.64 Å². The highest BCUT2D eigenvalue weighted by molar-refractivity contribution is 9.10. The van der Waals surface area contributed by atoms with E-state index in [1.54, 1.807) is 13.3 Å². The van der Waals surface area contributed by atoms with Gasteiger partial charge in [0.05, 0.1) is 29.5 Å². The fraction of sp³-hybridized carbons (Fsp3) is 0.667. The summed E-state index contributed by atoms with van der Waals surface area (Å²) in [5.74, 6) is 1.21. The Hall–Kier alpha value is -0.400. The zero-order valence-electron chi connectivity index (χ0n) is 11.2. The third kappa shape index (κ3) is 3.58. The molecule has 0 aliphatic carbocycles. The van der Waals surface area contributed by atoms with E-state index >= 15 is 0 Å². The molecule has 2 heterocycles. The summed E-state index contributed by atoms with van der Waals surface area (Å²) in [5.41, 5.74) is -0.222. The zero-order chi connectivity index (χ0) is 14.0. The molecule has 0 radical (unpaired) electrons. The van der Waals surface area contributed by atoms with E-state index in [0.717, 1.165) is 22.9 Å². The van der Waals surface area contributed by atoms with Crippen LogP contribution in [0.3, 0.4) is 0 Å². The van der Waals surface area contributed by atoms with Crippen molar-refractivity contribution in [2.75, 3.05) is 30.4 Å². The van der Waals surface area contributed by atoms with Crippen LogP contribution in [0.4, 0.5) is 5.95 Å². The molecule has 1 saturated heterocycles. The molecular formula is C12H17Br2N3O2. The van der Waals surface area contributed by atoms with Gasteiger partial charge in [0.1, 0.15) is 0 Å². The first-order valence-corrected chi connectivity index (χ1v) is 7.92. The molecule has 106 valence electrons. The molecule has 1 atom stereocenters. The monoisotopic (exact) mass is 393 g/mol. The Bertz CT molecular complexity index is 457. The molecule has 1 unspecified atom stereocenters. The summed E-state index contributed by atoms with van der Waals surface area (Å²) in [4.78, 5) is 10.9. The Labute approximate surface area is 130 Å². The Morgan fingerprint density at radius 3 is 2.95 bits per heavy atom. The average Bonchev–Trinajstić information content (AvgIpc) is 2.37. The van der Waals surface area contributed by atoms with Crippen molar-refractivity contribution in [2.24, 2.45) is 0 Å². The molecule has 2 rings (SSSR count). The van der Waals surface area contributed by atoms with Gasteiger partial charge < -0.3 is 14.4 Å². The topological polar surface area (TPSA) is 47.5 Å². The number of hydrogen-bond acceptors (Lipinski definition) is 5. The highest BCUT2D eigenvalue weighted by Crippen LogP contribution is 2.28. The van der Waals surface area contributed by atoms with E-state index in [9.17, 15) is 0 Å². The smallest absolute Gasteiger partial charge is 0.232 e. The summed E-state index contributed by atoms with van der Waals surface area (Å²) in [7, 11) is 1.60. The molecule has 5 nitrogen and oxygen atoms in total. The summed E-state index contributed by atoms with van der Waals surface area (Å²) in [6.45, 7) is 5.66. The van der Waals surface area contributed by atoms with Crippen LogP contribution in [0.1, 0.15) is 13.8 Å². The van der Waals surface area contributed by atoms with Gasteiger partial charge in [0.25, 0.3) is 0 Å². The summed E-state index contributed by atoms with van der Waals surface area (Å²) < 4.78 is 11.9. The Balaban J connectivity index is 2.25. The maximum absolute atomic E-state index is 5.97. The van der Waals surface area contributed by atoms with E-state index in [4.69, 9.17) is 9.47 Å². The minimum absolute atomic E-state index is 0.127. The van der Waals surface area contributed by atoms with Crippen molar-refractivity contribution in [1.29, 1.82) is 0 Å². The molecule has 1 aliphatic rings. The van der Waals surface area contributed by atoms with Crippen LogP contribution in [0, 0.1) is 0 Å². The Morgan fingerprint density at radius 2 is 2.32 bits per heavy atom. The van der Waals surface area contributed by atoms with Gasteiger partial charge in [0.15, 0.2) is 0 Å². The number of anilines is 1. The largest absolute Gasteiger partial charge is 0.480 e. The average molecular weight is 395 g/mol. The third-order valence-electron chi connectivity index (χ3n) is 2.83. The zero-order valence-corrected chi connectivity index (χ0v) is 14.4. The van der Waals surface area contributed by atoms with Crippen molar-refractivity contribution < 1.29 is 9.47 Å². The maximum atomic E-state index is 5.97. The van der Waals surface area contributed by atoms with Crippen LogP contribution >= 0.6 is 31.9 Å². The first kappa shape index (κ1) is 15.0. The van der Waals surface area contributed by atoms with Gasteiger partial charge in [-0.2, -0.15) is 4.98 Å². The number of aromatic nitrogens is 2. The summed E-state index contributed by atoms with van der Waals surface area (Å²) in [6, 6.07) is 0. The first-order valence-electron chi connectivity index (χ1n) is 6.00. The standard InChI is InChI=1S/C12H17Br2N3O2/c1-12(2)7-17(6-8(4-13)19-12)11-15-5-9(14)10(16-11)18-3/h5,8H,4,6-7H2,1-3H3. The van der Waals surface area contributed by atoms with Crippen LogP contribution in [0.25, 0.3) is 0 Å². The molecular weight excluding hydrogens is 378 g/mol. The molecule has 0 N–H and O–H groups in total. The molecule has 0 amide bonds. The molecule has 1 fully saturated rings. The van der Waals surface area contributed by atoms with Gasteiger partial charge in [0, 0.05) is 18.4 Å². The second-order valence-electron chi connectivity index (χ2n) is 5.06. The predicted octanol–water partition coefficient (Wildman–Crippen LogP) is 2.63. The fourth-order valence-corrected chi connectivity index (χ4v) is 2.86. The minimum Gasteiger partial charge on any atom is -0.480 e. The lowest BCUT2D eigenvalue weighted by molar-refractivity contribution is -0.0728. The van der Waals surface area contributed by atoms with Crippen molar-refractivity contribution in [3.05, 3.63) is 10.7 Å². The molecule has 1 aromatic rings. The highest BCUT2D eigenvalue weighted by Gasteiger charge is 2.34. The van der Waals surface area contributed by atoms with Gasteiger partial charge in [-0.1, -0.05) is 15.9 Å². The van der Waals surface area contributed by atoms with Crippen molar-refractivity contribution in [1.82, 2.24) is 9.97 Å². The van der Waals surface area contributed by atoms with Gasteiger partial charge in [0.2, 0.25) is 11.8 Å². The van der Waals surface area contributed by atoms with Crippen LogP contribution in [0.2, 0.25) is 0 Å². The van der Waals surface area contributed by atoms with E-state index in [-0.39, 0.29) is 11.7 Å². The van der Waals surface area contributed by atoms with E-state index in [1.165, 1.54) is 0 Å². The number of nitrogens with zero attached hydrogens (tertiary/aromatic N) is 3. The number of methoxy groups -OCH3 is 1. The van der Waals surface area contributed by atoms with Gasteiger partial charge in [-0.15, -0.1) is 0 Å². The van der Waals surface area contributed by atoms with Crippen LogP contribution in [-0.2, 0) is 4.74 Å². The number of morpholine rings is 1. The van der Waals surface area contributed by atoms with Crippen molar-refractivity contribution in [2.45, 2.75) is 25.6 Å². The molecule has 19 heavy (non-hydrogen) atoms. The van der Waals surface area contributed by atoms with E-state index < -0.39 is 0 Å². The van der Waals surface area contributed by atoms with Gasteiger partial charge in [-0.3, -0.25) is 0 Å². The molecule has 0 aromatic carbocycles. The summed E-state index contributed by atoms with van der Waals surface area (Å²) in [5, 5.41) is 0.792. The highest BCUT2D eigenvalue weighted by atomic mass is 79.9.